The molecular weight excluding hydrogens is 300 g/mol. The van der Waals surface area contributed by atoms with E-state index in [0.29, 0.717) is 24.2 Å². The molecule has 0 radical (unpaired) electrons. The number of nitrogens with zero attached hydrogens (tertiary/aromatic N) is 2. The van der Waals surface area contributed by atoms with E-state index < -0.39 is 5.97 Å². The Morgan fingerprint density at radius 1 is 1.41 bits per heavy atom. The number of aromatic nitrogens is 1. The molecule has 0 bridgehead atoms. The van der Waals surface area contributed by atoms with Crippen molar-refractivity contribution in [2.75, 3.05) is 13.1 Å². The van der Waals surface area contributed by atoms with Crippen molar-refractivity contribution in [1.82, 2.24) is 9.88 Å². The molecule has 2 aromatic rings. The smallest absolute Gasteiger partial charge is 0.336 e. The zero-order valence-electron chi connectivity index (χ0n) is 12.1. The second kappa shape index (κ2) is 6.56. The molecule has 0 saturated carbocycles. The molecule has 116 valence electrons. The first-order valence-corrected chi connectivity index (χ1v) is 8.13. The topological polar surface area (TPSA) is 73.7 Å². The molecule has 6 heteroatoms. The lowest BCUT2D eigenvalue weighted by molar-refractivity contribution is 0.0667. The average Bonchev–Trinajstić information content (AvgIpc) is 2.95. The van der Waals surface area contributed by atoms with Crippen molar-refractivity contribution in [2.45, 2.75) is 25.5 Å². The maximum absolute atomic E-state index is 11.3. The number of β-amino-alcohol motifs (C(OH)–C–C–N with tert-alkyl or cyclic N) is 1. The summed E-state index contributed by atoms with van der Waals surface area (Å²) >= 11 is 1.51. The lowest BCUT2D eigenvalue weighted by Crippen LogP contribution is -2.37. The van der Waals surface area contributed by atoms with Gasteiger partial charge in [0.2, 0.25) is 0 Å². The SMILES string of the molecule is O=C(O)c1ccccc1-c1cnc(CN2CCCC(O)C2)s1. The van der Waals surface area contributed by atoms with Crippen LogP contribution in [-0.4, -0.2) is 45.3 Å². The molecule has 0 aliphatic carbocycles. The normalized spacial score (nSPS) is 19.2. The van der Waals surface area contributed by atoms with Gasteiger partial charge in [0.05, 0.1) is 23.1 Å². The summed E-state index contributed by atoms with van der Waals surface area (Å²) in [7, 11) is 0. The van der Waals surface area contributed by atoms with E-state index in [4.69, 9.17) is 0 Å². The van der Waals surface area contributed by atoms with E-state index in [1.807, 2.05) is 12.1 Å². The van der Waals surface area contributed by atoms with Gasteiger partial charge in [-0.25, -0.2) is 9.78 Å². The van der Waals surface area contributed by atoms with Crippen molar-refractivity contribution in [3.05, 3.63) is 41.0 Å². The summed E-state index contributed by atoms with van der Waals surface area (Å²) in [5, 5.41) is 19.9. The van der Waals surface area contributed by atoms with Crippen LogP contribution in [0.15, 0.2) is 30.5 Å². The standard InChI is InChI=1S/C16H18N2O3S/c19-11-4-3-7-18(9-11)10-15-17-8-14(22-15)12-5-1-2-6-13(12)16(20)21/h1-2,5-6,8,11,19H,3-4,7,9-10H2,(H,20,21). The minimum absolute atomic E-state index is 0.249. The first kappa shape index (κ1) is 15.1. The second-order valence-corrected chi connectivity index (χ2v) is 6.62. The number of aliphatic hydroxyl groups is 1. The van der Waals surface area contributed by atoms with Gasteiger partial charge in [-0.05, 0) is 25.5 Å². The second-order valence-electron chi connectivity index (χ2n) is 5.50. The summed E-state index contributed by atoms with van der Waals surface area (Å²) in [6.07, 6.45) is 3.36. The van der Waals surface area contributed by atoms with Gasteiger partial charge in [0.25, 0.3) is 0 Å². The number of piperidine rings is 1. The number of hydrogen-bond donors (Lipinski definition) is 2. The largest absolute Gasteiger partial charge is 0.478 e. The third kappa shape index (κ3) is 3.35. The number of rotatable bonds is 4. The van der Waals surface area contributed by atoms with Gasteiger partial charge in [0.15, 0.2) is 0 Å². The van der Waals surface area contributed by atoms with E-state index in [0.717, 1.165) is 29.3 Å². The van der Waals surface area contributed by atoms with Gasteiger partial charge in [0.1, 0.15) is 5.01 Å². The molecule has 1 aromatic heterocycles. The van der Waals surface area contributed by atoms with E-state index in [1.165, 1.54) is 11.3 Å². The lowest BCUT2D eigenvalue weighted by atomic mass is 10.1. The zero-order chi connectivity index (χ0) is 15.5. The van der Waals surface area contributed by atoms with Gasteiger partial charge in [-0.2, -0.15) is 0 Å². The first-order chi connectivity index (χ1) is 10.6. The maximum Gasteiger partial charge on any atom is 0.336 e. The molecule has 1 unspecified atom stereocenters. The van der Waals surface area contributed by atoms with Crippen molar-refractivity contribution in [2.24, 2.45) is 0 Å². The summed E-state index contributed by atoms with van der Waals surface area (Å²) in [6.45, 7) is 2.36. The number of aliphatic hydroxyl groups excluding tert-OH is 1. The number of thiazole rings is 1. The van der Waals surface area contributed by atoms with E-state index in [2.05, 4.69) is 9.88 Å². The van der Waals surface area contributed by atoms with Crippen LogP contribution >= 0.6 is 11.3 Å². The molecule has 1 aromatic carbocycles. The van der Waals surface area contributed by atoms with Gasteiger partial charge < -0.3 is 10.2 Å². The molecule has 22 heavy (non-hydrogen) atoms. The minimum atomic E-state index is -0.926. The molecule has 1 saturated heterocycles. The summed E-state index contributed by atoms with van der Waals surface area (Å²) in [4.78, 5) is 18.8. The van der Waals surface area contributed by atoms with Crippen molar-refractivity contribution in [3.8, 4) is 10.4 Å². The fourth-order valence-corrected chi connectivity index (χ4v) is 3.76. The number of hydrogen-bond acceptors (Lipinski definition) is 5. The number of likely N-dealkylation sites (tertiary alicyclic amines) is 1. The first-order valence-electron chi connectivity index (χ1n) is 7.31. The molecule has 1 fully saturated rings. The number of carboxylic acid groups (broad SMARTS) is 1. The highest BCUT2D eigenvalue weighted by atomic mass is 32.1. The van der Waals surface area contributed by atoms with Gasteiger partial charge in [-0.3, -0.25) is 4.90 Å². The van der Waals surface area contributed by atoms with Crippen LogP contribution in [0.4, 0.5) is 0 Å². The van der Waals surface area contributed by atoms with Crippen molar-refractivity contribution < 1.29 is 15.0 Å². The highest BCUT2D eigenvalue weighted by Gasteiger charge is 2.19. The minimum Gasteiger partial charge on any atom is -0.478 e. The molecule has 3 rings (SSSR count). The molecule has 2 N–H and O–H groups in total. The molecule has 1 aliphatic heterocycles. The van der Waals surface area contributed by atoms with Crippen LogP contribution in [0.3, 0.4) is 0 Å². The number of carbonyl (C=O) groups is 1. The monoisotopic (exact) mass is 318 g/mol. The Balaban J connectivity index is 1.78. The molecular formula is C16H18N2O3S. The van der Waals surface area contributed by atoms with Crippen LogP contribution in [0.1, 0.15) is 28.2 Å². The third-order valence-electron chi connectivity index (χ3n) is 3.82. The van der Waals surface area contributed by atoms with Crippen molar-refractivity contribution >= 4 is 17.3 Å². The summed E-state index contributed by atoms with van der Waals surface area (Å²) in [6, 6.07) is 6.98. The molecule has 1 aliphatic rings. The summed E-state index contributed by atoms with van der Waals surface area (Å²) in [5.74, 6) is -0.926. The highest BCUT2D eigenvalue weighted by molar-refractivity contribution is 7.15. The summed E-state index contributed by atoms with van der Waals surface area (Å²) < 4.78 is 0. The van der Waals surface area contributed by atoms with E-state index >= 15 is 0 Å². The van der Waals surface area contributed by atoms with E-state index in [9.17, 15) is 15.0 Å². The van der Waals surface area contributed by atoms with Gasteiger partial charge >= 0.3 is 5.97 Å². The molecule has 1 atom stereocenters. The highest BCUT2D eigenvalue weighted by Crippen LogP contribution is 2.30. The number of carboxylic acids is 1. The molecule has 0 spiro atoms. The molecule has 5 nitrogen and oxygen atoms in total. The Bertz CT molecular complexity index is 671. The number of benzene rings is 1. The predicted octanol–water partition coefficient (Wildman–Crippen LogP) is 2.47. The Hall–Kier alpha value is -1.76. The zero-order valence-corrected chi connectivity index (χ0v) is 12.9. The molecule has 2 heterocycles. The Kier molecular flexibility index (Phi) is 4.52. The predicted molar refractivity (Wildman–Crippen MR) is 85.0 cm³/mol. The van der Waals surface area contributed by atoms with Crippen LogP contribution < -0.4 is 0 Å². The number of aromatic carboxylic acids is 1. The Morgan fingerprint density at radius 3 is 3.00 bits per heavy atom. The quantitative estimate of drug-likeness (QED) is 0.906. The van der Waals surface area contributed by atoms with Crippen LogP contribution in [0.25, 0.3) is 10.4 Å². The van der Waals surface area contributed by atoms with Gasteiger partial charge in [-0.1, -0.05) is 18.2 Å². The van der Waals surface area contributed by atoms with Crippen molar-refractivity contribution in [3.63, 3.8) is 0 Å². The van der Waals surface area contributed by atoms with Crippen LogP contribution in [0.2, 0.25) is 0 Å². The summed E-state index contributed by atoms with van der Waals surface area (Å²) in [5.41, 5.74) is 1.00. The van der Waals surface area contributed by atoms with Gasteiger partial charge in [-0.15, -0.1) is 11.3 Å². The molecule has 0 amide bonds. The average molecular weight is 318 g/mol. The van der Waals surface area contributed by atoms with Crippen LogP contribution in [-0.2, 0) is 6.54 Å². The van der Waals surface area contributed by atoms with Crippen molar-refractivity contribution in [1.29, 1.82) is 0 Å². The lowest BCUT2D eigenvalue weighted by Gasteiger charge is -2.29. The Labute approximate surface area is 132 Å². The van der Waals surface area contributed by atoms with Crippen LogP contribution in [0.5, 0.6) is 0 Å². The third-order valence-corrected chi connectivity index (χ3v) is 4.83. The fourth-order valence-electron chi connectivity index (χ4n) is 2.76. The van der Waals surface area contributed by atoms with Crippen LogP contribution in [0, 0.1) is 0 Å². The van der Waals surface area contributed by atoms with Gasteiger partial charge in [0, 0.05) is 18.3 Å². The Morgan fingerprint density at radius 2 is 2.23 bits per heavy atom. The maximum atomic E-state index is 11.3. The van der Waals surface area contributed by atoms with E-state index in [1.54, 1.807) is 18.3 Å². The van der Waals surface area contributed by atoms with E-state index in [-0.39, 0.29) is 6.10 Å². The fraction of sp³-hybridized carbons (Fsp3) is 0.375.